The van der Waals surface area contributed by atoms with E-state index >= 15 is 0 Å². The molecule has 5 nitrogen and oxygen atoms in total. The summed E-state index contributed by atoms with van der Waals surface area (Å²) in [6.45, 7) is 7.21. The summed E-state index contributed by atoms with van der Waals surface area (Å²) < 4.78 is 0.853. The van der Waals surface area contributed by atoms with Crippen LogP contribution in [0.5, 0.6) is 0 Å². The van der Waals surface area contributed by atoms with Gasteiger partial charge in [0.15, 0.2) is 0 Å². The summed E-state index contributed by atoms with van der Waals surface area (Å²) in [6, 6.07) is 3.64. The Labute approximate surface area is 132 Å². The first kappa shape index (κ1) is 14.5. The van der Waals surface area contributed by atoms with Crippen LogP contribution >= 0.6 is 15.9 Å². The Bertz CT molecular complexity index is 642. The van der Waals surface area contributed by atoms with Crippen molar-refractivity contribution in [3.05, 3.63) is 22.2 Å². The number of nitrogens with one attached hydrogen (secondary N) is 1. The average Bonchev–Trinajstić information content (AvgIpc) is 2.68. The summed E-state index contributed by atoms with van der Waals surface area (Å²) >= 11 is 3.54. The molecule has 3 rings (SSSR count). The summed E-state index contributed by atoms with van der Waals surface area (Å²) in [4.78, 5) is 27.8. The van der Waals surface area contributed by atoms with Gasteiger partial charge in [0.2, 0.25) is 0 Å². The maximum Gasteiger partial charge on any atom is 0.296 e. The number of ketones is 1. The Kier molecular flexibility index (Phi) is 3.33. The van der Waals surface area contributed by atoms with Crippen LogP contribution in [0.4, 0.5) is 11.4 Å². The third kappa shape index (κ3) is 2.36. The number of anilines is 2. The minimum absolute atomic E-state index is 0.0791. The SMILES string of the molecule is CN1CCN(c2cc3c(cc2Br)C(=O)C(=O)N3)CC1(C)C. The topological polar surface area (TPSA) is 52.7 Å². The molecule has 2 aliphatic rings. The van der Waals surface area contributed by atoms with Gasteiger partial charge in [0.1, 0.15) is 0 Å². The number of amides is 1. The Morgan fingerprint density at radius 1 is 1.24 bits per heavy atom. The van der Waals surface area contributed by atoms with Gasteiger partial charge < -0.3 is 10.2 Å². The van der Waals surface area contributed by atoms with Crippen LogP contribution in [-0.2, 0) is 4.79 Å². The fourth-order valence-corrected chi connectivity index (χ4v) is 3.44. The van der Waals surface area contributed by atoms with Gasteiger partial charge in [-0.25, -0.2) is 0 Å². The monoisotopic (exact) mass is 351 g/mol. The smallest absolute Gasteiger partial charge is 0.296 e. The number of rotatable bonds is 1. The first-order valence-electron chi connectivity index (χ1n) is 6.95. The van der Waals surface area contributed by atoms with Crippen molar-refractivity contribution in [2.75, 3.05) is 36.9 Å². The van der Waals surface area contributed by atoms with Crippen molar-refractivity contribution in [1.29, 1.82) is 0 Å². The number of carbonyl (C=O) groups excluding carboxylic acids is 2. The zero-order valence-electron chi connectivity index (χ0n) is 12.4. The Morgan fingerprint density at radius 2 is 1.95 bits per heavy atom. The Balaban J connectivity index is 1.96. The van der Waals surface area contributed by atoms with Crippen LogP contribution in [0.25, 0.3) is 0 Å². The number of piperazine rings is 1. The molecule has 0 radical (unpaired) electrons. The van der Waals surface area contributed by atoms with Crippen molar-refractivity contribution in [2.45, 2.75) is 19.4 Å². The summed E-state index contributed by atoms with van der Waals surface area (Å²) in [5, 5.41) is 2.64. The lowest BCUT2D eigenvalue weighted by atomic mass is 9.99. The van der Waals surface area contributed by atoms with Crippen LogP contribution in [0.15, 0.2) is 16.6 Å². The molecule has 0 bridgehead atoms. The fraction of sp³-hybridized carbons (Fsp3) is 0.467. The molecule has 0 spiro atoms. The van der Waals surface area contributed by atoms with E-state index in [0.29, 0.717) is 11.3 Å². The Hall–Kier alpha value is -1.40. The highest BCUT2D eigenvalue weighted by Crippen LogP contribution is 2.37. The second kappa shape index (κ2) is 4.81. The number of halogens is 1. The zero-order chi connectivity index (χ0) is 15.4. The highest BCUT2D eigenvalue weighted by molar-refractivity contribution is 9.10. The lowest BCUT2D eigenvalue weighted by Gasteiger charge is -2.46. The highest BCUT2D eigenvalue weighted by Gasteiger charge is 2.34. The van der Waals surface area contributed by atoms with Crippen LogP contribution in [-0.4, -0.2) is 48.8 Å². The lowest BCUT2D eigenvalue weighted by Crippen LogP contribution is -2.57. The third-order valence-electron chi connectivity index (χ3n) is 4.44. The van der Waals surface area contributed by atoms with E-state index in [0.717, 1.165) is 29.8 Å². The molecule has 1 aromatic rings. The van der Waals surface area contributed by atoms with Gasteiger partial charge in [-0.2, -0.15) is 0 Å². The van der Waals surface area contributed by atoms with Crippen molar-refractivity contribution in [2.24, 2.45) is 0 Å². The van der Waals surface area contributed by atoms with Gasteiger partial charge in [-0.15, -0.1) is 0 Å². The molecule has 1 fully saturated rings. The molecule has 1 aromatic carbocycles. The molecule has 1 saturated heterocycles. The maximum atomic E-state index is 11.7. The van der Waals surface area contributed by atoms with Gasteiger partial charge in [0, 0.05) is 29.6 Å². The van der Waals surface area contributed by atoms with Gasteiger partial charge in [0.05, 0.1) is 16.9 Å². The normalized spacial score (nSPS) is 21.4. The van der Waals surface area contributed by atoms with Gasteiger partial charge in [0.25, 0.3) is 11.7 Å². The minimum atomic E-state index is -0.548. The van der Waals surface area contributed by atoms with Crippen LogP contribution < -0.4 is 10.2 Å². The summed E-state index contributed by atoms with van der Waals surface area (Å²) in [5.74, 6) is -1.01. The van der Waals surface area contributed by atoms with Crippen molar-refractivity contribution in [3.8, 4) is 0 Å². The highest BCUT2D eigenvalue weighted by atomic mass is 79.9. The molecule has 2 heterocycles. The lowest BCUT2D eigenvalue weighted by molar-refractivity contribution is -0.112. The molecule has 1 amide bonds. The first-order valence-corrected chi connectivity index (χ1v) is 7.74. The summed E-state index contributed by atoms with van der Waals surface area (Å²) in [6.07, 6.45) is 0. The molecule has 6 heteroatoms. The van der Waals surface area contributed by atoms with Crippen molar-refractivity contribution in [1.82, 2.24) is 4.90 Å². The number of carbonyl (C=O) groups is 2. The number of fused-ring (bicyclic) bond motifs is 1. The molecule has 0 aromatic heterocycles. The van der Waals surface area contributed by atoms with E-state index in [9.17, 15) is 9.59 Å². The largest absolute Gasteiger partial charge is 0.367 e. The number of nitrogens with zero attached hydrogens (tertiary/aromatic N) is 2. The quantitative estimate of drug-likeness (QED) is 0.787. The molecule has 21 heavy (non-hydrogen) atoms. The van der Waals surface area contributed by atoms with Gasteiger partial charge in [-0.05, 0) is 49.0 Å². The summed E-state index contributed by atoms with van der Waals surface area (Å²) in [7, 11) is 2.13. The van der Waals surface area contributed by atoms with Crippen LogP contribution in [0.3, 0.4) is 0 Å². The van der Waals surface area contributed by atoms with Gasteiger partial charge >= 0.3 is 0 Å². The average molecular weight is 352 g/mol. The van der Waals surface area contributed by atoms with Crippen LogP contribution in [0.1, 0.15) is 24.2 Å². The van der Waals surface area contributed by atoms with E-state index in [-0.39, 0.29) is 5.54 Å². The first-order chi connectivity index (χ1) is 9.79. The van der Waals surface area contributed by atoms with E-state index in [1.807, 2.05) is 6.07 Å². The zero-order valence-corrected chi connectivity index (χ0v) is 14.0. The predicted molar refractivity (Wildman–Crippen MR) is 86.0 cm³/mol. The van der Waals surface area contributed by atoms with E-state index in [1.165, 1.54) is 0 Å². The number of hydrogen-bond donors (Lipinski definition) is 1. The number of hydrogen-bond acceptors (Lipinski definition) is 4. The van der Waals surface area contributed by atoms with E-state index in [1.54, 1.807) is 6.07 Å². The molecular formula is C15H18BrN3O2. The minimum Gasteiger partial charge on any atom is -0.367 e. The molecule has 0 saturated carbocycles. The predicted octanol–water partition coefficient (Wildman–Crippen LogP) is 2.11. The molecule has 0 atom stereocenters. The molecule has 2 aliphatic heterocycles. The maximum absolute atomic E-state index is 11.7. The Morgan fingerprint density at radius 3 is 2.62 bits per heavy atom. The number of Topliss-reactive ketones (excluding diaryl/α,β-unsaturated/α-hetero) is 1. The van der Waals surface area contributed by atoms with Crippen LogP contribution in [0.2, 0.25) is 0 Å². The molecular weight excluding hydrogens is 334 g/mol. The van der Waals surface area contributed by atoms with Gasteiger partial charge in [-0.1, -0.05) is 0 Å². The number of likely N-dealkylation sites (N-methyl/N-ethyl adjacent to an activating group) is 1. The van der Waals surface area contributed by atoms with Gasteiger partial charge in [-0.3, -0.25) is 14.5 Å². The van der Waals surface area contributed by atoms with Crippen molar-refractivity contribution in [3.63, 3.8) is 0 Å². The standard InChI is InChI=1S/C15H18BrN3O2/c1-15(2)8-19(5-4-18(15)3)12-7-11-9(6-10(12)16)13(20)14(21)17-11/h6-7H,4-5,8H2,1-3H3,(H,17,20,21). The molecule has 1 N–H and O–H groups in total. The summed E-state index contributed by atoms with van der Waals surface area (Å²) in [5.41, 5.74) is 2.16. The van der Waals surface area contributed by atoms with E-state index < -0.39 is 11.7 Å². The van der Waals surface area contributed by atoms with Crippen molar-refractivity contribution < 1.29 is 9.59 Å². The van der Waals surface area contributed by atoms with Crippen LogP contribution in [0, 0.1) is 0 Å². The second-order valence-corrected chi connectivity index (χ2v) is 7.14. The van der Waals surface area contributed by atoms with E-state index in [2.05, 4.69) is 51.9 Å². The molecule has 0 aliphatic carbocycles. The third-order valence-corrected chi connectivity index (χ3v) is 5.08. The molecule has 112 valence electrons. The van der Waals surface area contributed by atoms with E-state index in [4.69, 9.17) is 0 Å². The molecule has 0 unspecified atom stereocenters. The fourth-order valence-electron chi connectivity index (χ4n) is 2.84. The number of benzene rings is 1. The second-order valence-electron chi connectivity index (χ2n) is 6.29. The van der Waals surface area contributed by atoms with Crippen molar-refractivity contribution >= 4 is 39.0 Å².